The van der Waals surface area contributed by atoms with E-state index in [1.807, 2.05) is 12.2 Å². The highest BCUT2D eigenvalue weighted by Crippen LogP contribution is 2.44. The van der Waals surface area contributed by atoms with Crippen LogP contribution in [0, 0.1) is 0 Å². The Balaban J connectivity index is 1.97. The summed E-state index contributed by atoms with van der Waals surface area (Å²) >= 11 is 1.72. The average Bonchev–Trinajstić information content (AvgIpc) is 2.69. The van der Waals surface area contributed by atoms with Crippen LogP contribution in [0.1, 0.15) is 44.9 Å². The highest BCUT2D eigenvalue weighted by molar-refractivity contribution is 8.02. The second-order valence-corrected chi connectivity index (χ2v) is 6.24. The zero-order chi connectivity index (χ0) is 10.7. The number of allylic oxidation sites excluding steroid dienone is 2. The molecular formula is C12H18O2S. The molecule has 15 heavy (non-hydrogen) atoms. The number of carboxylic acid groups (broad SMARTS) is 1. The van der Waals surface area contributed by atoms with E-state index in [2.05, 4.69) is 0 Å². The summed E-state index contributed by atoms with van der Waals surface area (Å²) in [6, 6.07) is 0. The van der Waals surface area contributed by atoms with E-state index in [1.54, 1.807) is 11.8 Å². The fourth-order valence-electron chi connectivity index (χ4n) is 2.45. The van der Waals surface area contributed by atoms with Crippen molar-refractivity contribution in [2.45, 2.75) is 54.9 Å². The number of carboxylic acids is 1. The van der Waals surface area contributed by atoms with Crippen LogP contribution in [0.5, 0.6) is 0 Å². The smallest absolute Gasteiger partial charge is 0.320 e. The molecule has 0 aliphatic heterocycles. The van der Waals surface area contributed by atoms with Crippen molar-refractivity contribution in [1.82, 2.24) is 0 Å². The largest absolute Gasteiger partial charge is 0.480 e. The fourth-order valence-corrected chi connectivity index (χ4v) is 4.15. The van der Waals surface area contributed by atoms with Crippen molar-refractivity contribution >= 4 is 17.7 Å². The quantitative estimate of drug-likeness (QED) is 0.751. The first-order chi connectivity index (χ1) is 7.23. The zero-order valence-electron chi connectivity index (χ0n) is 8.95. The van der Waals surface area contributed by atoms with Gasteiger partial charge in [0.15, 0.2) is 0 Å². The number of thioether (sulfide) groups is 1. The molecule has 3 heteroatoms. The summed E-state index contributed by atoms with van der Waals surface area (Å²) in [5, 5.41) is 9.91. The van der Waals surface area contributed by atoms with Gasteiger partial charge in [-0.1, -0.05) is 31.4 Å². The third kappa shape index (κ3) is 2.39. The molecule has 0 aromatic carbocycles. The number of aliphatic carboxylic acids is 1. The Morgan fingerprint density at radius 3 is 2.33 bits per heavy atom. The van der Waals surface area contributed by atoms with Crippen LogP contribution in [-0.4, -0.2) is 21.1 Å². The lowest BCUT2D eigenvalue weighted by Crippen LogP contribution is -2.34. The third-order valence-corrected chi connectivity index (χ3v) is 5.16. The topological polar surface area (TPSA) is 37.3 Å². The minimum atomic E-state index is -0.622. The van der Waals surface area contributed by atoms with Gasteiger partial charge in [-0.3, -0.25) is 4.79 Å². The number of rotatable bonds is 3. The van der Waals surface area contributed by atoms with Crippen molar-refractivity contribution in [3.8, 4) is 0 Å². The van der Waals surface area contributed by atoms with E-state index < -0.39 is 10.7 Å². The van der Waals surface area contributed by atoms with Gasteiger partial charge >= 0.3 is 5.97 Å². The third-order valence-electron chi connectivity index (χ3n) is 3.40. The van der Waals surface area contributed by atoms with E-state index in [4.69, 9.17) is 0 Å². The van der Waals surface area contributed by atoms with Gasteiger partial charge in [0.05, 0.1) is 0 Å². The van der Waals surface area contributed by atoms with E-state index in [0.717, 1.165) is 0 Å². The summed E-state index contributed by atoms with van der Waals surface area (Å²) in [6.45, 7) is 0. The molecule has 0 radical (unpaired) electrons. The van der Waals surface area contributed by atoms with E-state index in [0.29, 0.717) is 18.1 Å². The average molecular weight is 226 g/mol. The molecule has 2 nitrogen and oxygen atoms in total. The van der Waals surface area contributed by atoms with Crippen molar-refractivity contribution in [2.75, 3.05) is 0 Å². The molecule has 1 fully saturated rings. The second kappa shape index (κ2) is 4.60. The van der Waals surface area contributed by atoms with Gasteiger partial charge in [0.2, 0.25) is 0 Å². The first-order valence-electron chi connectivity index (χ1n) is 5.79. The minimum Gasteiger partial charge on any atom is -0.480 e. The van der Waals surface area contributed by atoms with Crippen LogP contribution in [0.2, 0.25) is 0 Å². The normalized spacial score (nSPS) is 25.6. The van der Waals surface area contributed by atoms with Crippen molar-refractivity contribution in [3.63, 3.8) is 0 Å². The standard InChI is InChI=1S/C12H18O2S/c13-11(14)12(8-4-5-9-12)15-10-6-2-1-3-7-10/h4-5,10H,1-3,6-9H2,(H,13,14). The lowest BCUT2D eigenvalue weighted by Gasteiger charge is -2.30. The molecule has 0 aromatic heterocycles. The van der Waals surface area contributed by atoms with E-state index in [-0.39, 0.29) is 0 Å². The molecule has 0 atom stereocenters. The number of carbonyl (C=O) groups is 1. The molecule has 1 N–H and O–H groups in total. The Hall–Kier alpha value is -0.440. The molecular weight excluding hydrogens is 208 g/mol. The van der Waals surface area contributed by atoms with Crippen LogP contribution in [0.3, 0.4) is 0 Å². The molecule has 2 aliphatic rings. The molecule has 0 bridgehead atoms. The van der Waals surface area contributed by atoms with E-state index in [1.165, 1.54) is 32.1 Å². The Labute approximate surface area is 95.1 Å². The maximum absolute atomic E-state index is 11.3. The second-order valence-electron chi connectivity index (χ2n) is 4.56. The summed E-state index contributed by atoms with van der Waals surface area (Å²) in [5.74, 6) is -0.622. The van der Waals surface area contributed by atoms with Crippen LogP contribution >= 0.6 is 11.8 Å². The van der Waals surface area contributed by atoms with Crippen LogP contribution in [0.4, 0.5) is 0 Å². The minimum absolute atomic E-state index is 0.526. The molecule has 0 saturated heterocycles. The molecule has 84 valence electrons. The Morgan fingerprint density at radius 2 is 1.80 bits per heavy atom. The SMILES string of the molecule is O=C(O)C1(SC2CCCCC2)CC=CC1. The molecule has 0 amide bonds. The summed E-state index contributed by atoms with van der Waals surface area (Å²) in [7, 11) is 0. The lowest BCUT2D eigenvalue weighted by atomic mass is 10.0. The van der Waals surface area contributed by atoms with Gasteiger partial charge in [-0.05, 0) is 25.7 Å². The highest BCUT2D eigenvalue weighted by atomic mass is 32.2. The van der Waals surface area contributed by atoms with Crippen molar-refractivity contribution in [3.05, 3.63) is 12.2 Å². The van der Waals surface area contributed by atoms with Crippen molar-refractivity contribution in [2.24, 2.45) is 0 Å². The molecule has 0 unspecified atom stereocenters. The van der Waals surface area contributed by atoms with Crippen LogP contribution in [0.15, 0.2) is 12.2 Å². The van der Waals surface area contributed by atoms with E-state index in [9.17, 15) is 9.90 Å². The number of hydrogen-bond donors (Lipinski definition) is 1. The van der Waals surface area contributed by atoms with E-state index >= 15 is 0 Å². The Kier molecular flexibility index (Phi) is 3.39. The summed E-state index contributed by atoms with van der Waals surface area (Å²) < 4.78 is -0.526. The highest BCUT2D eigenvalue weighted by Gasteiger charge is 2.41. The zero-order valence-corrected chi connectivity index (χ0v) is 9.76. The lowest BCUT2D eigenvalue weighted by molar-refractivity contribution is -0.139. The van der Waals surface area contributed by atoms with Gasteiger partial charge in [-0.25, -0.2) is 0 Å². The number of hydrogen-bond acceptors (Lipinski definition) is 2. The van der Waals surface area contributed by atoms with Gasteiger partial charge in [0, 0.05) is 5.25 Å². The monoisotopic (exact) mass is 226 g/mol. The molecule has 0 spiro atoms. The predicted octanol–water partition coefficient (Wildman–Crippen LogP) is 3.23. The maximum atomic E-state index is 11.3. The molecule has 2 rings (SSSR count). The summed E-state index contributed by atoms with van der Waals surface area (Å²) in [6.07, 6.45) is 11.8. The molecule has 0 aromatic rings. The molecule has 1 saturated carbocycles. The molecule has 0 heterocycles. The maximum Gasteiger partial charge on any atom is 0.320 e. The van der Waals surface area contributed by atoms with Crippen molar-refractivity contribution < 1.29 is 9.90 Å². The predicted molar refractivity (Wildman–Crippen MR) is 63.2 cm³/mol. The van der Waals surface area contributed by atoms with Crippen LogP contribution in [-0.2, 0) is 4.79 Å². The first-order valence-corrected chi connectivity index (χ1v) is 6.67. The van der Waals surface area contributed by atoms with Crippen molar-refractivity contribution in [1.29, 1.82) is 0 Å². The van der Waals surface area contributed by atoms with Gasteiger partial charge in [-0.2, -0.15) is 0 Å². The fraction of sp³-hybridized carbons (Fsp3) is 0.750. The molecule has 2 aliphatic carbocycles. The first kappa shape index (κ1) is 11.1. The van der Waals surface area contributed by atoms with Gasteiger partial charge in [0.1, 0.15) is 4.75 Å². The Morgan fingerprint density at radius 1 is 1.20 bits per heavy atom. The summed E-state index contributed by atoms with van der Waals surface area (Å²) in [5.41, 5.74) is 0. The Bertz CT molecular complexity index is 259. The van der Waals surface area contributed by atoms with Gasteiger partial charge < -0.3 is 5.11 Å². The summed E-state index contributed by atoms with van der Waals surface area (Å²) in [4.78, 5) is 11.3. The van der Waals surface area contributed by atoms with Crippen LogP contribution < -0.4 is 0 Å². The van der Waals surface area contributed by atoms with Gasteiger partial charge in [-0.15, -0.1) is 11.8 Å². The van der Waals surface area contributed by atoms with Gasteiger partial charge in [0.25, 0.3) is 0 Å². The van der Waals surface area contributed by atoms with Crippen LogP contribution in [0.25, 0.3) is 0 Å².